The van der Waals surface area contributed by atoms with Crippen LogP contribution in [0.5, 0.6) is 5.75 Å². The van der Waals surface area contributed by atoms with Crippen molar-refractivity contribution in [2.75, 3.05) is 24.7 Å². The number of hydrogen-bond acceptors (Lipinski definition) is 7. The number of nitrogens with one attached hydrogen (secondary N) is 2. The van der Waals surface area contributed by atoms with Gasteiger partial charge in [0.1, 0.15) is 23.0 Å². The summed E-state index contributed by atoms with van der Waals surface area (Å²) < 4.78 is 5.88. The van der Waals surface area contributed by atoms with Crippen LogP contribution in [0.2, 0.25) is 0 Å². The molecule has 45 heavy (non-hydrogen) atoms. The number of rotatable bonds is 13. The first-order chi connectivity index (χ1) is 21.7. The van der Waals surface area contributed by atoms with Gasteiger partial charge in [0.15, 0.2) is 0 Å². The maximum absolute atomic E-state index is 13.4. The number of carboxylic acids is 1. The number of amides is 1. The number of para-hydroxylation sites is 1. The third-order valence-electron chi connectivity index (χ3n) is 9.22. The lowest BCUT2D eigenvalue weighted by Gasteiger charge is -2.37. The molecular formula is C36H45N3O5S. The molecule has 8 nitrogen and oxygen atoms in total. The summed E-state index contributed by atoms with van der Waals surface area (Å²) in [5, 5.41) is 27.1. The maximum Gasteiger partial charge on any atom is 0.335 e. The van der Waals surface area contributed by atoms with Crippen molar-refractivity contribution in [1.82, 2.24) is 10.2 Å². The smallest absolute Gasteiger partial charge is 0.335 e. The standard InChI is InChI=1S/C36H45N3O5S/c1-4-24(2)31-10-5-6-11-32(31)37-34(26-8-7-9-26)38-36(45-3)18-16-25(17-19-36)20-33(41)39-22-29(40)21-28(39)23-44-30-14-12-27(13-15-30)35(42)43/h5-6,10-18,24,28-29,37-38,40H,4,7-9,19-23H2,1-3H3,(H,42,43). The van der Waals surface area contributed by atoms with Gasteiger partial charge in [-0.1, -0.05) is 44.2 Å². The molecule has 1 saturated carbocycles. The van der Waals surface area contributed by atoms with Crippen LogP contribution in [-0.4, -0.2) is 63.4 Å². The first-order valence-corrected chi connectivity index (χ1v) is 17.2. The molecule has 0 radical (unpaired) electrons. The quantitative estimate of drug-likeness (QED) is 0.182. The van der Waals surface area contributed by atoms with E-state index in [2.05, 4.69) is 73.2 Å². The van der Waals surface area contributed by atoms with Crippen molar-refractivity contribution in [3.8, 4) is 5.75 Å². The Hall–Kier alpha value is -3.69. The van der Waals surface area contributed by atoms with Crippen LogP contribution in [0, 0.1) is 0 Å². The molecule has 5 rings (SSSR count). The zero-order valence-corrected chi connectivity index (χ0v) is 27.2. The van der Waals surface area contributed by atoms with Crippen LogP contribution in [0.4, 0.5) is 5.69 Å². The fourth-order valence-electron chi connectivity index (χ4n) is 6.02. The molecule has 4 atom stereocenters. The fourth-order valence-corrected chi connectivity index (χ4v) is 6.68. The second kappa shape index (κ2) is 14.6. The van der Waals surface area contributed by atoms with Crippen molar-refractivity contribution in [3.63, 3.8) is 0 Å². The van der Waals surface area contributed by atoms with Gasteiger partial charge in [-0.2, -0.15) is 0 Å². The van der Waals surface area contributed by atoms with E-state index < -0.39 is 12.1 Å². The van der Waals surface area contributed by atoms with Gasteiger partial charge < -0.3 is 30.5 Å². The van der Waals surface area contributed by atoms with E-state index in [1.54, 1.807) is 28.8 Å². The largest absolute Gasteiger partial charge is 0.491 e. The summed E-state index contributed by atoms with van der Waals surface area (Å²) in [6.45, 7) is 5.00. The number of ether oxygens (including phenoxy) is 1. The summed E-state index contributed by atoms with van der Waals surface area (Å²) in [5.74, 6) is 1.05. The number of carboxylic acid groups (broad SMARTS) is 1. The Kier molecular flexibility index (Phi) is 10.6. The molecule has 1 saturated heterocycles. The van der Waals surface area contributed by atoms with E-state index in [9.17, 15) is 14.7 Å². The van der Waals surface area contributed by atoms with E-state index in [0.717, 1.165) is 42.8 Å². The minimum atomic E-state index is -0.996. The van der Waals surface area contributed by atoms with Crippen LogP contribution in [0.3, 0.4) is 0 Å². The molecular weight excluding hydrogens is 586 g/mol. The zero-order valence-electron chi connectivity index (χ0n) is 26.4. The van der Waals surface area contributed by atoms with E-state index in [0.29, 0.717) is 18.1 Å². The van der Waals surface area contributed by atoms with Crippen LogP contribution in [0.25, 0.3) is 0 Å². The molecule has 0 bridgehead atoms. The Balaban J connectivity index is 1.21. The van der Waals surface area contributed by atoms with Gasteiger partial charge in [0.05, 0.1) is 24.1 Å². The van der Waals surface area contributed by atoms with Crippen molar-refractivity contribution in [2.45, 2.75) is 81.7 Å². The number of hydrogen-bond donors (Lipinski definition) is 4. The molecule has 2 fully saturated rings. The Bertz CT molecular complexity index is 1460. The van der Waals surface area contributed by atoms with Crippen molar-refractivity contribution in [2.24, 2.45) is 0 Å². The lowest BCUT2D eigenvalue weighted by Crippen LogP contribution is -2.43. The maximum atomic E-state index is 13.4. The van der Waals surface area contributed by atoms with Crippen molar-refractivity contribution in [3.05, 3.63) is 94.9 Å². The van der Waals surface area contributed by atoms with Gasteiger partial charge in [-0.25, -0.2) is 4.79 Å². The highest BCUT2D eigenvalue weighted by atomic mass is 32.2. The van der Waals surface area contributed by atoms with Gasteiger partial charge in [0.2, 0.25) is 5.91 Å². The Morgan fingerprint density at radius 2 is 1.91 bits per heavy atom. The van der Waals surface area contributed by atoms with Gasteiger partial charge in [-0.3, -0.25) is 4.79 Å². The van der Waals surface area contributed by atoms with Crippen molar-refractivity contribution < 1.29 is 24.5 Å². The normalized spacial score (nSPS) is 23.2. The number of aliphatic hydroxyl groups is 1. The van der Waals surface area contributed by atoms with Gasteiger partial charge in [0, 0.05) is 18.7 Å². The summed E-state index contributed by atoms with van der Waals surface area (Å²) in [4.78, 5) is 25.9. The first kappa shape index (κ1) is 32.7. The number of aliphatic hydroxyl groups excluding tert-OH is 1. The van der Waals surface area contributed by atoms with E-state index >= 15 is 0 Å². The summed E-state index contributed by atoms with van der Waals surface area (Å²) >= 11 is 1.76. The number of nitrogens with zero attached hydrogens (tertiary/aromatic N) is 1. The second-order valence-corrected chi connectivity index (χ2v) is 13.4. The van der Waals surface area contributed by atoms with Gasteiger partial charge in [-0.15, -0.1) is 11.8 Å². The Morgan fingerprint density at radius 3 is 2.53 bits per heavy atom. The minimum absolute atomic E-state index is 0.0394. The van der Waals surface area contributed by atoms with Crippen LogP contribution < -0.4 is 15.4 Å². The molecule has 2 aromatic rings. The molecule has 1 amide bonds. The number of allylic oxidation sites excluding steroid dienone is 2. The number of anilines is 1. The van der Waals surface area contributed by atoms with E-state index in [1.165, 1.54) is 29.7 Å². The highest BCUT2D eigenvalue weighted by molar-refractivity contribution is 8.00. The highest BCUT2D eigenvalue weighted by Gasteiger charge is 2.36. The predicted molar refractivity (Wildman–Crippen MR) is 181 cm³/mol. The van der Waals surface area contributed by atoms with Crippen LogP contribution >= 0.6 is 11.8 Å². The third kappa shape index (κ3) is 7.94. The van der Waals surface area contributed by atoms with E-state index in [-0.39, 0.29) is 42.0 Å². The third-order valence-corrected chi connectivity index (χ3v) is 10.4. The first-order valence-electron chi connectivity index (χ1n) is 15.9. The summed E-state index contributed by atoms with van der Waals surface area (Å²) in [5.41, 5.74) is 5.03. The number of likely N-dealkylation sites (tertiary alicyclic amines) is 1. The SMILES string of the molecule is CCC(C)c1ccccc1NC(NC1(SC)C=CC(CC(=O)N2CC(O)CC2COc2ccc(C(=O)O)cc2)=CC1)=C1CCC1. The minimum Gasteiger partial charge on any atom is -0.491 e. The molecule has 2 aromatic carbocycles. The van der Waals surface area contributed by atoms with Crippen molar-refractivity contribution in [1.29, 1.82) is 0 Å². The molecule has 4 N–H and O–H groups in total. The Labute approximate surface area is 270 Å². The second-order valence-electron chi connectivity index (χ2n) is 12.3. The Morgan fingerprint density at radius 1 is 1.16 bits per heavy atom. The van der Waals surface area contributed by atoms with Gasteiger partial charge >= 0.3 is 5.97 Å². The zero-order chi connectivity index (χ0) is 32.0. The van der Waals surface area contributed by atoms with Crippen molar-refractivity contribution >= 4 is 29.3 Å². The number of thioether (sulfide) groups is 1. The van der Waals surface area contributed by atoms with Crippen LogP contribution in [0.15, 0.2) is 83.7 Å². The molecule has 3 aliphatic rings. The average molecular weight is 632 g/mol. The molecule has 9 heteroatoms. The molecule has 2 aliphatic carbocycles. The monoisotopic (exact) mass is 631 g/mol. The summed E-state index contributed by atoms with van der Waals surface area (Å²) in [6, 6.07) is 14.5. The lowest BCUT2D eigenvalue weighted by molar-refractivity contribution is -0.132. The lowest BCUT2D eigenvalue weighted by atomic mass is 9.91. The average Bonchev–Trinajstić information content (AvgIpc) is 3.40. The molecule has 1 aliphatic heterocycles. The predicted octanol–water partition coefficient (Wildman–Crippen LogP) is 6.67. The number of benzene rings is 2. The number of carbonyl (C=O) groups excluding carboxylic acids is 1. The molecule has 0 aromatic heterocycles. The highest BCUT2D eigenvalue weighted by Crippen LogP contribution is 2.37. The van der Waals surface area contributed by atoms with Crippen LogP contribution in [0.1, 0.15) is 80.6 Å². The number of carbonyl (C=O) groups is 2. The summed E-state index contributed by atoms with van der Waals surface area (Å²) in [6.07, 6.45) is 13.8. The molecule has 0 spiro atoms. The fraction of sp³-hybridized carbons (Fsp3) is 0.444. The molecule has 240 valence electrons. The van der Waals surface area contributed by atoms with E-state index in [1.807, 2.05) is 0 Å². The topological polar surface area (TPSA) is 111 Å². The van der Waals surface area contributed by atoms with Gasteiger partial charge in [-0.05, 0) is 97.4 Å². The van der Waals surface area contributed by atoms with Gasteiger partial charge in [0.25, 0.3) is 0 Å². The molecule has 1 heterocycles. The molecule has 4 unspecified atom stereocenters. The number of aromatic carboxylic acids is 1. The number of β-amino-alcohol motifs (C(OH)–C–C–N with tert-alkyl or cyclic N) is 1. The van der Waals surface area contributed by atoms with E-state index in [4.69, 9.17) is 9.84 Å². The summed E-state index contributed by atoms with van der Waals surface area (Å²) in [7, 11) is 0. The van der Waals surface area contributed by atoms with Crippen LogP contribution in [-0.2, 0) is 4.79 Å².